The zero-order valence-electron chi connectivity index (χ0n) is 6.39. The van der Waals surface area contributed by atoms with Crippen molar-refractivity contribution in [2.24, 2.45) is 0 Å². The van der Waals surface area contributed by atoms with Gasteiger partial charge in [0.15, 0.2) is 0 Å². The van der Waals surface area contributed by atoms with E-state index in [-0.39, 0.29) is 0 Å². The molecule has 0 aromatic heterocycles. The zero-order valence-corrected chi connectivity index (χ0v) is 7.98. The summed E-state index contributed by atoms with van der Waals surface area (Å²) in [6, 6.07) is 5.96. The number of benzene rings is 1. The molecule has 1 rings (SSSR count). The fourth-order valence-corrected chi connectivity index (χ4v) is 1.15. The molecule has 0 unspecified atom stereocenters. The van der Waals surface area contributed by atoms with E-state index in [9.17, 15) is 0 Å². The Bertz CT molecular complexity index is 248. The molecule has 0 aliphatic carbocycles. The highest BCUT2D eigenvalue weighted by Gasteiger charge is 1.95. The standard InChI is InChI=1S/C8H11BrN2/c1-11-5-6-2-3-7(9)8(10)4-6/h2-4,11H,5,10H2,1H3. The van der Waals surface area contributed by atoms with Gasteiger partial charge in [-0.05, 0) is 40.7 Å². The smallest absolute Gasteiger partial charge is 0.0461 e. The van der Waals surface area contributed by atoms with Gasteiger partial charge in [0.05, 0.1) is 0 Å². The number of nitrogen functional groups attached to an aromatic ring is 1. The van der Waals surface area contributed by atoms with Crippen molar-refractivity contribution in [1.82, 2.24) is 5.32 Å². The van der Waals surface area contributed by atoms with E-state index in [1.807, 2.05) is 25.2 Å². The Morgan fingerprint density at radius 1 is 1.55 bits per heavy atom. The van der Waals surface area contributed by atoms with Crippen LogP contribution in [0.25, 0.3) is 0 Å². The van der Waals surface area contributed by atoms with E-state index >= 15 is 0 Å². The first kappa shape index (κ1) is 8.56. The number of nitrogens with two attached hydrogens (primary N) is 1. The summed E-state index contributed by atoms with van der Waals surface area (Å²) >= 11 is 3.34. The highest BCUT2D eigenvalue weighted by Crippen LogP contribution is 2.19. The molecule has 60 valence electrons. The second kappa shape index (κ2) is 3.74. The summed E-state index contributed by atoms with van der Waals surface area (Å²) in [6.07, 6.45) is 0. The maximum Gasteiger partial charge on any atom is 0.0461 e. The lowest BCUT2D eigenvalue weighted by Gasteiger charge is -2.02. The highest BCUT2D eigenvalue weighted by molar-refractivity contribution is 9.10. The summed E-state index contributed by atoms with van der Waals surface area (Å²) < 4.78 is 0.956. The molecule has 2 nitrogen and oxygen atoms in total. The van der Waals surface area contributed by atoms with Crippen LogP contribution in [-0.4, -0.2) is 7.05 Å². The van der Waals surface area contributed by atoms with Crippen LogP contribution in [0.1, 0.15) is 5.56 Å². The Hall–Kier alpha value is -0.540. The van der Waals surface area contributed by atoms with Crippen LogP contribution in [0.15, 0.2) is 22.7 Å². The molecule has 0 atom stereocenters. The molecule has 1 aromatic carbocycles. The van der Waals surface area contributed by atoms with Crippen molar-refractivity contribution in [2.45, 2.75) is 6.54 Å². The van der Waals surface area contributed by atoms with Crippen LogP contribution in [0.2, 0.25) is 0 Å². The average Bonchev–Trinajstić information content (AvgIpc) is 1.98. The molecule has 11 heavy (non-hydrogen) atoms. The van der Waals surface area contributed by atoms with Crippen molar-refractivity contribution in [1.29, 1.82) is 0 Å². The first-order valence-electron chi connectivity index (χ1n) is 3.42. The summed E-state index contributed by atoms with van der Waals surface area (Å²) in [5.74, 6) is 0. The highest BCUT2D eigenvalue weighted by atomic mass is 79.9. The lowest BCUT2D eigenvalue weighted by molar-refractivity contribution is 0.818. The Labute approximate surface area is 74.9 Å². The molecule has 0 saturated carbocycles. The summed E-state index contributed by atoms with van der Waals surface area (Å²) in [6.45, 7) is 0.859. The van der Waals surface area contributed by atoms with Gasteiger partial charge in [0.2, 0.25) is 0 Å². The van der Waals surface area contributed by atoms with Gasteiger partial charge in [-0.15, -0.1) is 0 Å². The first-order valence-corrected chi connectivity index (χ1v) is 4.22. The summed E-state index contributed by atoms with van der Waals surface area (Å²) in [4.78, 5) is 0. The van der Waals surface area contributed by atoms with Gasteiger partial charge in [-0.1, -0.05) is 6.07 Å². The van der Waals surface area contributed by atoms with E-state index in [4.69, 9.17) is 5.73 Å². The molecule has 0 bridgehead atoms. The molecule has 0 aliphatic rings. The largest absolute Gasteiger partial charge is 0.398 e. The van der Waals surface area contributed by atoms with Gasteiger partial charge in [0.25, 0.3) is 0 Å². The quantitative estimate of drug-likeness (QED) is 0.737. The fourth-order valence-electron chi connectivity index (χ4n) is 0.907. The van der Waals surface area contributed by atoms with Crippen LogP contribution >= 0.6 is 15.9 Å². The van der Waals surface area contributed by atoms with Crippen LogP contribution in [0.5, 0.6) is 0 Å². The van der Waals surface area contributed by atoms with E-state index in [0.717, 1.165) is 16.7 Å². The Kier molecular flexibility index (Phi) is 2.91. The molecular weight excluding hydrogens is 204 g/mol. The topological polar surface area (TPSA) is 38.0 Å². The molecule has 0 fully saturated rings. The minimum Gasteiger partial charge on any atom is -0.398 e. The number of hydrogen-bond acceptors (Lipinski definition) is 2. The van der Waals surface area contributed by atoms with Gasteiger partial charge in [0, 0.05) is 16.7 Å². The zero-order chi connectivity index (χ0) is 8.27. The van der Waals surface area contributed by atoms with Crippen LogP contribution in [0.3, 0.4) is 0 Å². The van der Waals surface area contributed by atoms with Crippen molar-refractivity contribution in [2.75, 3.05) is 12.8 Å². The van der Waals surface area contributed by atoms with Crippen LogP contribution in [-0.2, 0) is 6.54 Å². The van der Waals surface area contributed by atoms with Crippen molar-refractivity contribution in [3.05, 3.63) is 28.2 Å². The monoisotopic (exact) mass is 214 g/mol. The molecule has 0 aliphatic heterocycles. The maximum atomic E-state index is 5.68. The van der Waals surface area contributed by atoms with Crippen molar-refractivity contribution < 1.29 is 0 Å². The van der Waals surface area contributed by atoms with Crippen molar-refractivity contribution in [3.63, 3.8) is 0 Å². The third-order valence-electron chi connectivity index (χ3n) is 1.44. The van der Waals surface area contributed by atoms with E-state index in [1.165, 1.54) is 5.56 Å². The van der Waals surface area contributed by atoms with E-state index in [1.54, 1.807) is 0 Å². The van der Waals surface area contributed by atoms with Crippen molar-refractivity contribution >= 4 is 21.6 Å². The molecule has 0 heterocycles. The number of hydrogen-bond donors (Lipinski definition) is 2. The van der Waals surface area contributed by atoms with Crippen LogP contribution in [0, 0.1) is 0 Å². The molecule has 0 saturated heterocycles. The fraction of sp³-hybridized carbons (Fsp3) is 0.250. The summed E-state index contributed by atoms with van der Waals surface area (Å²) in [5, 5.41) is 3.06. The van der Waals surface area contributed by atoms with Gasteiger partial charge >= 0.3 is 0 Å². The lowest BCUT2D eigenvalue weighted by atomic mass is 10.2. The predicted octanol–water partition coefficient (Wildman–Crippen LogP) is 1.75. The van der Waals surface area contributed by atoms with E-state index in [0.29, 0.717) is 0 Å². The normalized spacial score (nSPS) is 10.0. The second-order valence-corrected chi connectivity index (χ2v) is 3.24. The molecule has 3 heteroatoms. The van der Waals surface area contributed by atoms with Crippen LogP contribution in [0.4, 0.5) is 5.69 Å². The Balaban J connectivity index is 2.86. The second-order valence-electron chi connectivity index (χ2n) is 2.39. The lowest BCUT2D eigenvalue weighted by Crippen LogP contribution is -2.05. The number of nitrogens with one attached hydrogen (secondary N) is 1. The molecular formula is C8H11BrN2. The average molecular weight is 215 g/mol. The first-order chi connectivity index (χ1) is 5.24. The van der Waals surface area contributed by atoms with Gasteiger partial charge in [0.1, 0.15) is 0 Å². The maximum absolute atomic E-state index is 5.68. The number of anilines is 1. The van der Waals surface area contributed by atoms with Gasteiger partial charge in [-0.3, -0.25) is 0 Å². The molecule has 0 spiro atoms. The molecule has 0 amide bonds. The van der Waals surface area contributed by atoms with E-state index in [2.05, 4.69) is 21.2 Å². The third-order valence-corrected chi connectivity index (χ3v) is 2.16. The summed E-state index contributed by atoms with van der Waals surface area (Å²) in [5.41, 5.74) is 7.67. The Morgan fingerprint density at radius 2 is 2.27 bits per heavy atom. The number of halogens is 1. The SMILES string of the molecule is CNCc1ccc(Br)c(N)c1. The van der Waals surface area contributed by atoms with E-state index < -0.39 is 0 Å². The molecule has 3 N–H and O–H groups in total. The number of rotatable bonds is 2. The van der Waals surface area contributed by atoms with Gasteiger partial charge in [-0.25, -0.2) is 0 Å². The third kappa shape index (κ3) is 2.20. The van der Waals surface area contributed by atoms with Crippen LogP contribution < -0.4 is 11.1 Å². The predicted molar refractivity (Wildman–Crippen MR) is 51.3 cm³/mol. The summed E-state index contributed by atoms with van der Waals surface area (Å²) in [7, 11) is 1.91. The van der Waals surface area contributed by atoms with Gasteiger partial charge < -0.3 is 11.1 Å². The van der Waals surface area contributed by atoms with Crippen molar-refractivity contribution in [3.8, 4) is 0 Å². The minimum absolute atomic E-state index is 0.790. The Morgan fingerprint density at radius 3 is 2.82 bits per heavy atom. The van der Waals surface area contributed by atoms with Gasteiger partial charge in [-0.2, -0.15) is 0 Å². The minimum atomic E-state index is 0.790. The molecule has 1 aromatic rings. The molecule has 0 radical (unpaired) electrons.